The Morgan fingerprint density at radius 1 is 1.18 bits per heavy atom. The summed E-state index contributed by atoms with van der Waals surface area (Å²) in [7, 11) is 0. The third kappa shape index (κ3) is 3.65. The minimum atomic E-state index is 0.641. The van der Waals surface area contributed by atoms with E-state index < -0.39 is 0 Å². The van der Waals surface area contributed by atoms with E-state index in [0.717, 1.165) is 22.8 Å². The Hall–Kier alpha value is -1.03. The van der Waals surface area contributed by atoms with Gasteiger partial charge in [-0.2, -0.15) is 0 Å². The first-order chi connectivity index (χ1) is 10.6. The SMILES string of the molecule is C=C(Nc1nccs1)N(C1CCCC1)C1C[C@@H](C)C[C@@H](C)C1. The summed E-state index contributed by atoms with van der Waals surface area (Å²) < 4.78 is 0. The Morgan fingerprint density at radius 2 is 1.86 bits per heavy atom. The molecule has 4 heteroatoms. The normalized spacial score (nSPS) is 29.5. The Balaban J connectivity index is 1.75. The highest BCUT2D eigenvalue weighted by atomic mass is 32.1. The zero-order chi connectivity index (χ0) is 15.5. The highest BCUT2D eigenvalue weighted by Crippen LogP contribution is 2.37. The second-order valence-corrected chi connectivity index (χ2v) is 8.22. The lowest BCUT2D eigenvalue weighted by molar-refractivity contribution is 0.106. The maximum atomic E-state index is 4.38. The van der Waals surface area contributed by atoms with E-state index in [1.54, 1.807) is 11.3 Å². The molecule has 2 aliphatic carbocycles. The van der Waals surface area contributed by atoms with Gasteiger partial charge in [-0.25, -0.2) is 4.98 Å². The van der Waals surface area contributed by atoms with E-state index in [1.165, 1.54) is 44.9 Å². The summed E-state index contributed by atoms with van der Waals surface area (Å²) in [6.07, 6.45) is 11.2. The van der Waals surface area contributed by atoms with Crippen LogP contribution in [0.15, 0.2) is 24.0 Å². The molecule has 1 N–H and O–H groups in total. The second-order valence-electron chi connectivity index (χ2n) is 7.33. The molecule has 0 bridgehead atoms. The molecule has 0 saturated heterocycles. The summed E-state index contributed by atoms with van der Waals surface area (Å²) in [5.74, 6) is 2.71. The van der Waals surface area contributed by atoms with Gasteiger partial charge in [-0.1, -0.05) is 33.3 Å². The van der Waals surface area contributed by atoms with Crippen LogP contribution in [-0.4, -0.2) is 22.0 Å². The summed E-state index contributed by atoms with van der Waals surface area (Å²) in [5, 5.41) is 6.44. The van der Waals surface area contributed by atoms with Crippen LogP contribution >= 0.6 is 11.3 Å². The van der Waals surface area contributed by atoms with Crippen molar-refractivity contribution >= 4 is 16.5 Å². The van der Waals surface area contributed by atoms with Crippen molar-refractivity contribution in [3.8, 4) is 0 Å². The van der Waals surface area contributed by atoms with Crippen LogP contribution in [0, 0.1) is 11.8 Å². The van der Waals surface area contributed by atoms with Gasteiger partial charge < -0.3 is 10.2 Å². The quantitative estimate of drug-likeness (QED) is 0.819. The van der Waals surface area contributed by atoms with Crippen LogP contribution in [-0.2, 0) is 0 Å². The Bertz CT molecular complexity index is 469. The zero-order valence-corrected chi connectivity index (χ0v) is 14.7. The molecule has 22 heavy (non-hydrogen) atoms. The molecule has 0 radical (unpaired) electrons. The van der Waals surface area contributed by atoms with Gasteiger partial charge in [0.2, 0.25) is 0 Å². The molecule has 1 aromatic heterocycles. The van der Waals surface area contributed by atoms with Gasteiger partial charge in [-0.3, -0.25) is 0 Å². The van der Waals surface area contributed by atoms with E-state index in [-0.39, 0.29) is 0 Å². The molecule has 3 atom stereocenters. The lowest BCUT2D eigenvalue weighted by Gasteiger charge is -2.44. The number of anilines is 1. The van der Waals surface area contributed by atoms with Crippen LogP contribution in [0.4, 0.5) is 5.13 Å². The first kappa shape index (κ1) is 15.9. The molecule has 3 nitrogen and oxygen atoms in total. The molecule has 0 spiro atoms. The van der Waals surface area contributed by atoms with Gasteiger partial charge >= 0.3 is 0 Å². The van der Waals surface area contributed by atoms with Crippen LogP contribution in [0.2, 0.25) is 0 Å². The van der Waals surface area contributed by atoms with Gasteiger partial charge in [-0.05, 0) is 43.9 Å². The Kier molecular flexibility index (Phi) is 5.07. The average Bonchev–Trinajstić information content (AvgIpc) is 3.11. The number of rotatable bonds is 5. The van der Waals surface area contributed by atoms with Crippen molar-refractivity contribution < 1.29 is 0 Å². The second kappa shape index (κ2) is 7.03. The minimum Gasteiger partial charge on any atom is -0.353 e. The highest BCUT2D eigenvalue weighted by Gasteiger charge is 2.34. The standard InChI is InChI=1S/C18H29N3S/c1-13-10-14(2)12-17(11-13)21(16-6-4-5-7-16)15(3)20-18-19-8-9-22-18/h8-9,13-14,16-17H,3-7,10-12H2,1-2H3,(H,19,20)/t13-,14+,17?. The van der Waals surface area contributed by atoms with Gasteiger partial charge in [0.05, 0.1) is 0 Å². The number of hydrogen-bond donors (Lipinski definition) is 1. The maximum absolute atomic E-state index is 4.38. The molecule has 0 amide bonds. The van der Waals surface area contributed by atoms with Gasteiger partial charge in [0.1, 0.15) is 5.82 Å². The van der Waals surface area contributed by atoms with Crippen LogP contribution in [0.25, 0.3) is 0 Å². The fraction of sp³-hybridized carbons (Fsp3) is 0.722. The Morgan fingerprint density at radius 3 is 2.45 bits per heavy atom. The van der Waals surface area contributed by atoms with Crippen molar-refractivity contribution in [1.82, 2.24) is 9.88 Å². The van der Waals surface area contributed by atoms with Gasteiger partial charge in [0.15, 0.2) is 5.13 Å². The summed E-state index contributed by atoms with van der Waals surface area (Å²) >= 11 is 1.65. The molecule has 122 valence electrons. The van der Waals surface area contributed by atoms with Crippen molar-refractivity contribution in [3.05, 3.63) is 24.0 Å². The van der Waals surface area contributed by atoms with Crippen LogP contribution < -0.4 is 5.32 Å². The highest BCUT2D eigenvalue weighted by molar-refractivity contribution is 7.13. The number of aromatic nitrogens is 1. The molecule has 2 fully saturated rings. The first-order valence-corrected chi connectivity index (χ1v) is 9.65. The molecule has 1 heterocycles. The summed E-state index contributed by atoms with van der Waals surface area (Å²) in [4.78, 5) is 6.99. The van der Waals surface area contributed by atoms with E-state index in [4.69, 9.17) is 0 Å². The van der Waals surface area contributed by atoms with Crippen molar-refractivity contribution in [2.45, 2.75) is 70.9 Å². The summed E-state index contributed by atoms with van der Waals surface area (Å²) in [6, 6.07) is 1.31. The van der Waals surface area contributed by atoms with E-state index in [2.05, 4.69) is 35.6 Å². The monoisotopic (exact) mass is 319 g/mol. The van der Waals surface area contributed by atoms with Gasteiger partial charge in [0, 0.05) is 23.7 Å². The molecular formula is C18H29N3S. The van der Waals surface area contributed by atoms with E-state index >= 15 is 0 Å². The van der Waals surface area contributed by atoms with Crippen molar-refractivity contribution in [3.63, 3.8) is 0 Å². The third-order valence-electron chi connectivity index (χ3n) is 5.26. The van der Waals surface area contributed by atoms with Gasteiger partial charge in [0.25, 0.3) is 0 Å². The molecule has 1 unspecified atom stereocenters. The lowest BCUT2D eigenvalue weighted by atomic mass is 9.79. The van der Waals surface area contributed by atoms with Crippen molar-refractivity contribution in [2.24, 2.45) is 11.8 Å². The van der Waals surface area contributed by atoms with E-state index in [0.29, 0.717) is 12.1 Å². The molecular weight excluding hydrogens is 290 g/mol. The number of nitrogens with one attached hydrogen (secondary N) is 1. The van der Waals surface area contributed by atoms with E-state index in [9.17, 15) is 0 Å². The topological polar surface area (TPSA) is 28.2 Å². The van der Waals surface area contributed by atoms with Gasteiger partial charge in [-0.15, -0.1) is 11.3 Å². The summed E-state index contributed by atoms with van der Waals surface area (Å²) in [6.45, 7) is 9.20. The van der Waals surface area contributed by atoms with Crippen LogP contribution in [0.1, 0.15) is 58.8 Å². The molecule has 3 rings (SSSR count). The van der Waals surface area contributed by atoms with Crippen LogP contribution in [0.3, 0.4) is 0 Å². The fourth-order valence-electron chi connectivity index (χ4n) is 4.53. The number of hydrogen-bond acceptors (Lipinski definition) is 4. The van der Waals surface area contributed by atoms with Crippen molar-refractivity contribution in [1.29, 1.82) is 0 Å². The minimum absolute atomic E-state index is 0.641. The molecule has 0 aliphatic heterocycles. The summed E-state index contributed by atoms with van der Waals surface area (Å²) in [5.41, 5.74) is 0. The molecule has 1 aromatic rings. The molecule has 0 aromatic carbocycles. The van der Waals surface area contributed by atoms with Crippen molar-refractivity contribution in [2.75, 3.05) is 5.32 Å². The average molecular weight is 320 g/mol. The Labute approximate surface area is 138 Å². The van der Waals surface area contributed by atoms with E-state index in [1.807, 2.05) is 11.6 Å². The predicted octanol–water partition coefficient (Wildman–Crippen LogP) is 5.10. The predicted molar refractivity (Wildman–Crippen MR) is 94.9 cm³/mol. The van der Waals surface area contributed by atoms with Crippen LogP contribution in [0.5, 0.6) is 0 Å². The number of thiazole rings is 1. The first-order valence-electron chi connectivity index (χ1n) is 8.77. The maximum Gasteiger partial charge on any atom is 0.188 e. The smallest absolute Gasteiger partial charge is 0.188 e. The third-order valence-corrected chi connectivity index (χ3v) is 5.95. The molecule has 2 aliphatic rings. The fourth-order valence-corrected chi connectivity index (χ4v) is 5.08. The lowest BCUT2D eigenvalue weighted by Crippen LogP contribution is -2.46. The number of nitrogens with zero attached hydrogens (tertiary/aromatic N) is 2. The zero-order valence-electron chi connectivity index (χ0n) is 13.9. The largest absolute Gasteiger partial charge is 0.353 e. The molecule has 2 saturated carbocycles.